The van der Waals surface area contributed by atoms with Crippen molar-refractivity contribution in [1.29, 1.82) is 0 Å². The molecule has 4 rings (SSSR count). The first kappa shape index (κ1) is 22.2. The summed E-state index contributed by atoms with van der Waals surface area (Å²) in [5.74, 6) is -2.91. The first-order chi connectivity index (χ1) is 15.5. The smallest absolute Gasteiger partial charge is 0.201 e. The lowest BCUT2D eigenvalue weighted by Gasteiger charge is -2.28. The molecule has 1 aliphatic heterocycles. The minimum absolute atomic E-state index is 0.0927. The van der Waals surface area contributed by atoms with Crippen molar-refractivity contribution in [2.75, 3.05) is 19.7 Å². The zero-order valence-electron chi connectivity index (χ0n) is 17.2. The number of hydrogen-bond acceptors (Lipinski definition) is 3. The molecule has 1 aliphatic rings. The average molecular weight is 436 g/mol. The summed E-state index contributed by atoms with van der Waals surface area (Å²) in [6.07, 6.45) is 1.09. The molecule has 0 bridgehead atoms. The summed E-state index contributed by atoms with van der Waals surface area (Å²) in [6.45, 7) is 4.06. The van der Waals surface area contributed by atoms with Crippen LogP contribution in [0.25, 0.3) is 22.3 Å². The highest BCUT2D eigenvalue weighted by molar-refractivity contribution is 6.08. The lowest BCUT2D eigenvalue weighted by Crippen LogP contribution is -2.29. The molecule has 3 nitrogen and oxygen atoms in total. The van der Waals surface area contributed by atoms with Gasteiger partial charge in [-0.25, -0.2) is 8.78 Å². The van der Waals surface area contributed by atoms with E-state index in [1.165, 1.54) is 18.2 Å². The zero-order chi connectivity index (χ0) is 22.7. The summed E-state index contributed by atoms with van der Waals surface area (Å²) >= 11 is 0. The van der Waals surface area contributed by atoms with Crippen molar-refractivity contribution in [2.24, 2.45) is 0 Å². The van der Waals surface area contributed by atoms with Crippen LogP contribution in [0.3, 0.4) is 0 Å². The van der Waals surface area contributed by atoms with E-state index in [1.807, 2.05) is 6.07 Å². The molecule has 1 fully saturated rings. The van der Waals surface area contributed by atoms with Crippen LogP contribution in [-0.4, -0.2) is 33.9 Å². The van der Waals surface area contributed by atoms with Crippen molar-refractivity contribution in [3.63, 3.8) is 0 Å². The quantitative estimate of drug-likeness (QED) is 0.373. The summed E-state index contributed by atoms with van der Waals surface area (Å²) in [7, 11) is 5.22. The summed E-state index contributed by atoms with van der Waals surface area (Å²) in [4.78, 5) is 0. The van der Waals surface area contributed by atoms with Crippen LogP contribution < -0.4 is 4.74 Å². The van der Waals surface area contributed by atoms with Crippen molar-refractivity contribution >= 4 is 7.85 Å². The van der Waals surface area contributed by atoms with Gasteiger partial charge in [-0.15, -0.1) is 0 Å². The molecule has 1 heterocycles. The largest absolute Gasteiger partial charge is 0.500 e. The summed E-state index contributed by atoms with van der Waals surface area (Å²) in [6, 6.07) is 14.5. The van der Waals surface area contributed by atoms with E-state index in [2.05, 4.69) is 6.58 Å². The van der Waals surface area contributed by atoms with Gasteiger partial charge >= 0.3 is 0 Å². The molecule has 0 N–H and O–H groups in total. The molecule has 0 saturated carbocycles. The Kier molecular flexibility index (Phi) is 6.67. The zero-order valence-corrected chi connectivity index (χ0v) is 17.2. The van der Waals surface area contributed by atoms with Crippen LogP contribution in [-0.2, 0) is 9.47 Å². The molecule has 0 atom stereocenters. The Hall–Kier alpha value is -3.03. The number of benzene rings is 3. The normalized spacial score (nSPS) is 18.3. The van der Waals surface area contributed by atoms with Gasteiger partial charge in [-0.05, 0) is 46.5 Å². The molecule has 162 valence electrons. The second-order valence-electron chi connectivity index (χ2n) is 7.33. The molecule has 1 saturated heterocycles. The Morgan fingerprint density at radius 2 is 1.56 bits per heavy atom. The van der Waals surface area contributed by atoms with Gasteiger partial charge in [0, 0.05) is 18.0 Å². The van der Waals surface area contributed by atoms with Crippen molar-refractivity contribution in [2.45, 2.75) is 12.2 Å². The maximum Gasteiger partial charge on any atom is 0.201 e. The van der Waals surface area contributed by atoms with Gasteiger partial charge in [0.1, 0.15) is 13.7 Å². The van der Waals surface area contributed by atoms with E-state index >= 15 is 0 Å². The van der Waals surface area contributed by atoms with E-state index in [9.17, 15) is 13.2 Å². The Labute approximate surface area is 185 Å². The van der Waals surface area contributed by atoms with Crippen LogP contribution in [0.2, 0.25) is 0 Å². The molecule has 0 amide bonds. The van der Waals surface area contributed by atoms with Gasteiger partial charge in [-0.3, -0.25) is 0 Å². The summed E-state index contributed by atoms with van der Waals surface area (Å²) < 4.78 is 59.2. The van der Waals surface area contributed by atoms with Gasteiger partial charge in [0.25, 0.3) is 0 Å². The van der Waals surface area contributed by atoms with Gasteiger partial charge in [0.2, 0.25) is 5.82 Å². The van der Waals surface area contributed by atoms with Gasteiger partial charge in [-0.1, -0.05) is 43.0 Å². The van der Waals surface area contributed by atoms with E-state index in [1.54, 1.807) is 36.4 Å². The minimum atomic E-state index is -1.09. The maximum atomic E-state index is 14.8. The van der Waals surface area contributed by atoms with E-state index in [0.29, 0.717) is 29.9 Å². The fraction of sp³-hybridized carbons (Fsp3) is 0.200. The van der Waals surface area contributed by atoms with Gasteiger partial charge in [0.05, 0.1) is 13.2 Å². The number of hydrogen-bond donors (Lipinski definition) is 0. The van der Waals surface area contributed by atoms with Crippen LogP contribution >= 0.6 is 0 Å². The van der Waals surface area contributed by atoms with Crippen LogP contribution in [0.4, 0.5) is 13.2 Å². The Morgan fingerprint density at radius 1 is 0.906 bits per heavy atom. The molecular weight excluding hydrogens is 416 g/mol. The third kappa shape index (κ3) is 4.45. The Morgan fingerprint density at radius 3 is 2.19 bits per heavy atom. The molecule has 0 spiro atoms. The number of rotatable bonds is 6. The van der Waals surface area contributed by atoms with Crippen LogP contribution in [0.15, 0.2) is 67.3 Å². The Bertz CT molecular complexity index is 1110. The monoisotopic (exact) mass is 436 g/mol. The molecule has 0 unspecified atom stereocenters. The van der Waals surface area contributed by atoms with Crippen molar-refractivity contribution in [3.8, 4) is 28.0 Å². The second-order valence-corrected chi connectivity index (χ2v) is 7.33. The topological polar surface area (TPSA) is 27.7 Å². The van der Waals surface area contributed by atoms with Crippen molar-refractivity contribution < 1.29 is 27.4 Å². The summed E-state index contributed by atoms with van der Waals surface area (Å²) in [5, 5.41) is 0. The van der Waals surface area contributed by atoms with Gasteiger partial charge < -0.3 is 14.2 Å². The highest BCUT2D eigenvalue weighted by Crippen LogP contribution is 2.33. The molecular formula is C25H20BF3O3. The molecule has 3 aromatic carbocycles. The summed E-state index contributed by atoms with van der Waals surface area (Å²) in [5.41, 5.74) is 2.50. The van der Waals surface area contributed by atoms with Crippen LogP contribution in [0.1, 0.15) is 11.5 Å². The Balaban J connectivity index is 1.54. The van der Waals surface area contributed by atoms with Crippen molar-refractivity contribution in [3.05, 3.63) is 90.3 Å². The molecule has 7 heteroatoms. The highest BCUT2D eigenvalue weighted by atomic mass is 19.2. The number of halogens is 3. The van der Waals surface area contributed by atoms with Crippen molar-refractivity contribution in [1.82, 2.24) is 0 Å². The average Bonchev–Trinajstić information content (AvgIpc) is 2.82. The van der Waals surface area contributed by atoms with Gasteiger partial charge in [0.15, 0.2) is 17.9 Å². The van der Waals surface area contributed by atoms with E-state index in [0.717, 1.165) is 5.56 Å². The third-order valence-electron chi connectivity index (χ3n) is 5.37. The maximum absolute atomic E-state index is 14.8. The fourth-order valence-electron chi connectivity index (χ4n) is 3.67. The fourth-order valence-corrected chi connectivity index (χ4v) is 3.67. The lowest BCUT2D eigenvalue weighted by molar-refractivity contribution is -0.159. The second kappa shape index (κ2) is 9.63. The predicted octanol–water partition coefficient (Wildman–Crippen LogP) is 5.59. The lowest BCUT2D eigenvalue weighted by atomic mass is 9.95. The number of ether oxygens (including phenoxy) is 3. The first-order valence-corrected chi connectivity index (χ1v) is 10.1. The highest BCUT2D eigenvalue weighted by Gasteiger charge is 2.24. The molecule has 0 aromatic heterocycles. The third-order valence-corrected chi connectivity index (χ3v) is 5.37. The van der Waals surface area contributed by atoms with E-state index in [4.69, 9.17) is 22.1 Å². The molecule has 3 aromatic rings. The SMILES string of the molecule is [B]COc1ccc(-c2ccc(-c3ccc(C4COC(C=C)OC4)c(F)c3)cc2)c(F)c1F. The molecule has 2 radical (unpaired) electrons. The predicted molar refractivity (Wildman–Crippen MR) is 117 cm³/mol. The molecule has 0 aliphatic carbocycles. The van der Waals surface area contributed by atoms with Crippen LogP contribution in [0.5, 0.6) is 5.75 Å². The first-order valence-electron chi connectivity index (χ1n) is 10.1. The van der Waals surface area contributed by atoms with Gasteiger partial charge in [-0.2, -0.15) is 4.39 Å². The standard InChI is InChI=1S/C25H20BF3O3/c1-2-23-30-12-18(13-31-23)19-8-7-17(11-21(19)27)15-3-5-16(6-4-15)20-9-10-22(32-14-26)25(29)24(20)28/h2-11,18,23H,1,12-14H2. The minimum Gasteiger partial charge on any atom is -0.500 e. The molecule has 32 heavy (non-hydrogen) atoms. The van der Waals surface area contributed by atoms with E-state index < -0.39 is 17.9 Å². The van der Waals surface area contributed by atoms with E-state index in [-0.39, 0.29) is 29.6 Å². The van der Waals surface area contributed by atoms with Crippen LogP contribution in [0, 0.1) is 17.5 Å².